The molecule has 0 spiro atoms. The predicted octanol–water partition coefficient (Wildman–Crippen LogP) is 2.58. The molecule has 2 fully saturated rings. The summed E-state index contributed by atoms with van der Waals surface area (Å²) in [7, 11) is -5.71. The Bertz CT molecular complexity index is 497. The number of halogens is 2. The molecule has 0 heterocycles. The van der Waals surface area contributed by atoms with E-state index in [1.807, 2.05) is 5.32 Å². The fourth-order valence-corrected chi connectivity index (χ4v) is 4.22. The number of amides is 1. The van der Waals surface area contributed by atoms with Crippen LogP contribution in [0.3, 0.4) is 0 Å². The van der Waals surface area contributed by atoms with Crippen LogP contribution in [0.25, 0.3) is 0 Å². The van der Waals surface area contributed by atoms with Crippen LogP contribution in [0.1, 0.15) is 51.4 Å². The maximum absolute atomic E-state index is 13.0. The van der Waals surface area contributed by atoms with Crippen LogP contribution < -0.4 is 5.32 Å². The maximum Gasteiger partial charge on any atom is 0.446 e. The van der Waals surface area contributed by atoms with Gasteiger partial charge in [-0.05, 0) is 49.9 Å². The molecule has 0 aliphatic heterocycles. The van der Waals surface area contributed by atoms with Crippen molar-refractivity contribution in [3.8, 4) is 0 Å². The number of carbonyl (C=O) groups is 1. The number of hydrogen-bond acceptors (Lipinski definition) is 3. The van der Waals surface area contributed by atoms with Gasteiger partial charge in [-0.2, -0.15) is 17.2 Å². The molecule has 0 aromatic rings. The topological polar surface area (TPSA) is 83.5 Å². The van der Waals surface area contributed by atoms with Gasteiger partial charge in [-0.25, -0.2) is 0 Å². The third kappa shape index (κ3) is 4.16. The summed E-state index contributed by atoms with van der Waals surface area (Å²) in [5, 5.41) is -2.89. The summed E-state index contributed by atoms with van der Waals surface area (Å²) >= 11 is 0. The van der Waals surface area contributed by atoms with E-state index in [0.717, 1.165) is 18.3 Å². The SMILES string of the molecule is O=C(NCCCC1CC2CCCC(C1)C2)C(F)(F)S(=O)(=O)O. The van der Waals surface area contributed by atoms with Crippen molar-refractivity contribution in [1.82, 2.24) is 5.32 Å². The minimum absolute atomic E-state index is 0.00419. The van der Waals surface area contributed by atoms with E-state index in [4.69, 9.17) is 4.55 Å². The standard InChI is InChI=1S/C14H23F2NO4S/c15-14(16,22(19,20)21)13(18)17-6-2-5-12-8-10-3-1-4-11(7-10)9-12/h10-12H,1-9H2,(H,17,18)(H,19,20,21). The van der Waals surface area contributed by atoms with Crippen molar-refractivity contribution in [2.45, 2.75) is 56.6 Å². The van der Waals surface area contributed by atoms with Gasteiger partial charge in [0.05, 0.1) is 0 Å². The van der Waals surface area contributed by atoms with Gasteiger partial charge in [-0.3, -0.25) is 9.35 Å². The van der Waals surface area contributed by atoms with E-state index in [9.17, 15) is 22.0 Å². The van der Waals surface area contributed by atoms with Gasteiger partial charge < -0.3 is 5.32 Å². The molecule has 0 saturated heterocycles. The molecule has 2 rings (SSSR count). The fraction of sp³-hybridized carbons (Fsp3) is 0.929. The average molecular weight is 339 g/mol. The highest BCUT2D eigenvalue weighted by Gasteiger charge is 2.52. The smallest absolute Gasteiger partial charge is 0.350 e. The van der Waals surface area contributed by atoms with Crippen LogP contribution in [-0.4, -0.2) is 30.7 Å². The van der Waals surface area contributed by atoms with E-state index in [2.05, 4.69) is 0 Å². The first-order chi connectivity index (χ1) is 10.2. The molecule has 2 saturated carbocycles. The minimum Gasteiger partial charge on any atom is -0.350 e. The predicted molar refractivity (Wildman–Crippen MR) is 76.9 cm³/mol. The van der Waals surface area contributed by atoms with E-state index in [1.54, 1.807) is 0 Å². The van der Waals surface area contributed by atoms with Crippen molar-refractivity contribution >= 4 is 16.0 Å². The molecule has 2 unspecified atom stereocenters. The number of hydrogen-bond donors (Lipinski definition) is 2. The van der Waals surface area contributed by atoms with Crippen molar-refractivity contribution < 1.29 is 26.5 Å². The lowest BCUT2D eigenvalue weighted by molar-refractivity contribution is -0.136. The molecule has 2 aliphatic rings. The molecule has 0 aromatic carbocycles. The Hall–Kier alpha value is -0.760. The van der Waals surface area contributed by atoms with Gasteiger partial charge in [-0.15, -0.1) is 0 Å². The molecule has 0 aromatic heterocycles. The molecule has 128 valence electrons. The number of rotatable bonds is 6. The molecule has 8 heteroatoms. The molecule has 2 bridgehead atoms. The van der Waals surface area contributed by atoms with Crippen molar-refractivity contribution in [3.05, 3.63) is 0 Å². The van der Waals surface area contributed by atoms with Crippen LogP contribution in [0, 0.1) is 17.8 Å². The van der Waals surface area contributed by atoms with Gasteiger partial charge in [0.1, 0.15) is 0 Å². The second-order valence-corrected chi connectivity index (χ2v) is 8.09. The summed E-state index contributed by atoms with van der Waals surface area (Å²) in [5.74, 6) is 0.186. The highest BCUT2D eigenvalue weighted by molar-refractivity contribution is 7.87. The lowest BCUT2D eigenvalue weighted by Crippen LogP contribution is -2.45. The molecule has 22 heavy (non-hydrogen) atoms. The average Bonchev–Trinajstić information content (AvgIpc) is 2.41. The van der Waals surface area contributed by atoms with Crippen molar-refractivity contribution in [2.75, 3.05) is 6.54 Å². The van der Waals surface area contributed by atoms with E-state index < -0.39 is 21.3 Å². The Morgan fingerprint density at radius 2 is 1.77 bits per heavy atom. The molecule has 2 N–H and O–H groups in total. The van der Waals surface area contributed by atoms with Crippen LogP contribution in [-0.2, 0) is 14.9 Å². The summed E-state index contributed by atoms with van der Waals surface area (Å²) in [4.78, 5) is 11.1. The monoisotopic (exact) mass is 339 g/mol. The van der Waals surface area contributed by atoms with Gasteiger partial charge in [0, 0.05) is 6.54 Å². The van der Waals surface area contributed by atoms with Crippen LogP contribution in [0.15, 0.2) is 0 Å². The van der Waals surface area contributed by atoms with Crippen LogP contribution in [0.2, 0.25) is 0 Å². The molecular formula is C14H23F2NO4S. The quantitative estimate of drug-likeness (QED) is 0.575. The second kappa shape index (κ2) is 6.78. The first-order valence-corrected chi connectivity index (χ1v) is 9.27. The van der Waals surface area contributed by atoms with Crippen molar-refractivity contribution in [2.24, 2.45) is 17.8 Å². The zero-order valence-electron chi connectivity index (χ0n) is 12.4. The summed E-state index contributed by atoms with van der Waals surface area (Å²) in [6.07, 6.45) is 8.92. The Kier molecular flexibility index (Phi) is 5.42. The first kappa shape index (κ1) is 17.6. The molecular weight excluding hydrogens is 316 g/mol. The lowest BCUT2D eigenvalue weighted by Gasteiger charge is -2.39. The number of alkyl halides is 2. The maximum atomic E-state index is 13.0. The highest BCUT2D eigenvalue weighted by atomic mass is 32.2. The molecule has 0 radical (unpaired) electrons. The largest absolute Gasteiger partial charge is 0.446 e. The molecule has 2 atom stereocenters. The number of fused-ring (bicyclic) bond motifs is 2. The first-order valence-electron chi connectivity index (χ1n) is 7.83. The highest BCUT2D eigenvalue weighted by Crippen LogP contribution is 2.43. The summed E-state index contributed by atoms with van der Waals surface area (Å²) < 4.78 is 55.2. The normalized spacial score (nSPS) is 29.1. The van der Waals surface area contributed by atoms with E-state index >= 15 is 0 Å². The Balaban J connectivity index is 1.70. The second-order valence-electron chi connectivity index (χ2n) is 6.63. The van der Waals surface area contributed by atoms with Gasteiger partial charge >= 0.3 is 21.3 Å². The summed E-state index contributed by atoms with van der Waals surface area (Å²) in [6.45, 7) is -0.00419. The van der Waals surface area contributed by atoms with Crippen molar-refractivity contribution in [3.63, 3.8) is 0 Å². The van der Waals surface area contributed by atoms with Crippen LogP contribution in [0.4, 0.5) is 8.78 Å². The van der Waals surface area contributed by atoms with Gasteiger partial charge in [0.15, 0.2) is 0 Å². The minimum atomic E-state index is -5.71. The van der Waals surface area contributed by atoms with E-state index in [0.29, 0.717) is 12.3 Å². The van der Waals surface area contributed by atoms with E-state index in [1.165, 1.54) is 38.5 Å². The summed E-state index contributed by atoms with van der Waals surface area (Å²) in [5.41, 5.74) is 0. The molecule has 2 aliphatic carbocycles. The zero-order chi connectivity index (χ0) is 16.4. The van der Waals surface area contributed by atoms with Crippen LogP contribution >= 0.6 is 0 Å². The number of nitrogens with one attached hydrogen (secondary N) is 1. The van der Waals surface area contributed by atoms with Gasteiger partial charge in [-0.1, -0.05) is 19.3 Å². The Labute approximate surface area is 129 Å². The van der Waals surface area contributed by atoms with Gasteiger partial charge in [0.25, 0.3) is 0 Å². The Morgan fingerprint density at radius 3 is 2.32 bits per heavy atom. The fourth-order valence-electron chi connectivity index (χ4n) is 3.92. The Morgan fingerprint density at radius 1 is 1.18 bits per heavy atom. The lowest BCUT2D eigenvalue weighted by atomic mass is 9.67. The third-order valence-corrected chi connectivity index (χ3v) is 5.72. The zero-order valence-corrected chi connectivity index (χ0v) is 13.2. The van der Waals surface area contributed by atoms with E-state index in [-0.39, 0.29) is 6.54 Å². The van der Waals surface area contributed by atoms with Gasteiger partial charge in [0.2, 0.25) is 0 Å². The summed E-state index contributed by atoms with van der Waals surface area (Å²) in [6, 6.07) is 0. The van der Waals surface area contributed by atoms with Crippen LogP contribution in [0.5, 0.6) is 0 Å². The number of carbonyl (C=O) groups excluding carboxylic acids is 1. The third-order valence-electron chi connectivity index (χ3n) is 4.89. The molecule has 1 amide bonds. The van der Waals surface area contributed by atoms with Crippen molar-refractivity contribution in [1.29, 1.82) is 0 Å². The molecule has 5 nitrogen and oxygen atoms in total.